The van der Waals surface area contributed by atoms with Crippen LogP contribution in [0.2, 0.25) is 0 Å². The second-order valence-corrected chi connectivity index (χ2v) is 8.35. The Morgan fingerprint density at radius 3 is 2.62 bits per heavy atom. The molecular formula is C25H37IN4O2. The third-order valence-corrected chi connectivity index (χ3v) is 5.30. The van der Waals surface area contributed by atoms with Crippen LogP contribution in [0, 0.1) is 12.8 Å². The van der Waals surface area contributed by atoms with Gasteiger partial charge in [-0.2, -0.15) is 0 Å². The zero-order valence-corrected chi connectivity index (χ0v) is 22.0. The number of rotatable bonds is 8. The fourth-order valence-electron chi connectivity index (χ4n) is 3.73. The largest absolute Gasteiger partial charge is 0.475 e. The van der Waals surface area contributed by atoms with Gasteiger partial charge in [0.25, 0.3) is 0 Å². The van der Waals surface area contributed by atoms with E-state index in [4.69, 9.17) is 14.5 Å². The molecule has 6 nitrogen and oxygen atoms in total. The van der Waals surface area contributed by atoms with E-state index in [0.717, 1.165) is 44.1 Å². The summed E-state index contributed by atoms with van der Waals surface area (Å²) in [5, 5.41) is 6.87. The van der Waals surface area contributed by atoms with Gasteiger partial charge in [-0.25, -0.2) is 9.98 Å². The molecule has 1 fully saturated rings. The molecule has 2 aromatic rings. The molecule has 1 aliphatic rings. The zero-order valence-electron chi connectivity index (χ0n) is 19.6. The molecular weight excluding hydrogens is 515 g/mol. The maximum atomic E-state index is 6.16. The van der Waals surface area contributed by atoms with E-state index in [9.17, 15) is 0 Å². The fourth-order valence-corrected chi connectivity index (χ4v) is 3.73. The summed E-state index contributed by atoms with van der Waals surface area (Å²) in [7, 11) is 0. The van der Waals surface area contributed by atoms with Crippen molar-refractivity contribution in [2.45, 2.75) is 59.3 Å². The molecule has 0 aliphatic carbocycles. The first kappa shape index (κ1) is 26.4. The summed E-state index contributed by atoms with van der Waals surface area (Å²) in [6.45, 7) is 11.2. The predicted molar refractivity (Wildman–Crippen MR) is 141 cm³/mol. The Labute approximate surface area is 209 Å². The Morgan fingerprint density at radius 2 is 1.97 bits per heavy atom. The minimum absolute atomic E-state index is 0. The van der Waals surface area contributed by atoms with Gasteiger partial charge in [0.2, 0.25) is 5.88 Å². The van der Waals surface area contributed by atoms with Crippen LogP contribution in [0.3, 0.4) is 0 Å². The van der Waals surface area contributed by atoms with Crippen LogP contribution in [0.25, 0.3) is 0 Å². The third-order valence-electron chi connectivity index (χ3n) is 5.30. The Bertz CT molecular complexity index is 825. The monoisotopic (exact) mass is 552 g/mol. The van der Waals surface area contributed by atoms with E-state index in [2.05, 4.69) is 53.7 Å². The average Bonchev–Trinajstić information content (AvgIpc) is 2.77. The van der Waals surface area contributed by atoms with E-state index in [0.29, 0.717) is 18.3 Å². The normalized spacial score (nSPS) is 18.7. The second-order valence-electron chi connectivity index (χ2n) is 8.35. The van der Waals surface area contributed by atoms with Gasteiger partial charge in [-0.3, -0.25) is 0 Å². The highest BCUT2D eigenvalue weighted by Gasteiger charge is 2.27. The van der Waals surface area contributed by atoms with Gasteiger partial charge < -0.3 is 20.1 Å². The zero-order chi connectivity index (χ0) is 22.1. The van der Waals surface area contributed by atoms with Crippen LogP contribution in [-0.4, -0.2) is 36.7 Å². The SMILES string of the molecule is CCNC(=NCc1ccc(OC(C)C)nc1)NCC1CCCOC1c1ccc(C)cc1.I. The Morgan fingerprint density at radius 1 is 1.19 bits per heavy atom. The molecule has 1 saturated heterocycles. The smallest absolute Gasteiger partial charge is 0.213 e. The molecule has 0 bridgehead atoms. The number of nitrogens with one attached hydrogen (secondary N) is 2. The molecule has 32 heavy (non-hydrogen) atoms. The number of aromatic nitrogens is 1. The van der Waals surface area contributed by atoms with Crippen molar-refractivity contribution in [3.05, 3.63) is 59.3 Å². The molecule has 1 aliphatic heterocycles. The van der Waals surface area contributed by atoms with Crippen molar-refractivity contribution in [2.75, 3.05) is 19.7 Å². The van der Waals surface area contributed by atoms with Crippen LogP contribution < -0.4 is 15.4 Å². The predicted octanol–water partition coefficient (Wildman–Crippen LogP) is 5.02. The molecule has 2 N–H and O–H groups in total. The van der Waals surface area contributed by atoms with Crippen LogP contribution in [-0.2, 0) is 11.3 Å². The van der Waals surface area contributed by atoms with Gasteiger partial charge in [0, 0.05) is 37.9 Å². The lowest BCUT2D eigenvalue weighted by molar-refractivity contribution is -0.0265. The summed E-state index contributed by atoms with van der Waals surface area (Å²) in [4.78, 5) is 9.10. The molecule has 0 saturated carbocycles. The number of aliphatic imine (C=N–C) groups is 1. The Balaban J connectivity index is 0.00000363. The summed E-state index contributed by atoms with van der Waals surface area (Å²) in [5.41, 5.74) is 3.58. The summed E-state index contributed by atoms with van der Waals surface area (Å²) in [6, 6.07) is 12.6. The number of halogens is 1. The topological polar surface area (TPSA) is 67.8 Å². The maximum absolute atomic E-state index is 6.16. The van der Waals surface area contributed by atoms with Gasteiger partial charge in [0.1, 0.15) is 0 Å². The summed E-state index contributed by atoms with van der Waals surface area (Å²) in [6.07, 6.45) is 4.31. The maximum Gasteiger partial charge on any atom is 0.213 e. The van der Waals surface area contributed by atoms with Crippen molar-refractivity contribution in [3.8, 4) is 5.88 Å². The molecule has 7 heteroatoms. The van der Waals surface area contributed by atoms with Crippen LogP contribution >= 0.6 is 24.0 Å². The molecule has 1 aromatic heterocycles. The van der Waals surface area contributed by atoms with E-state index in [-0.39, 0.29) is 36.2 Å². The highest BCUT2D eigenvalue weighted by Crippen LogP contribution is 2.33. The molecule has 2 heterocycles. The van der Waals surface area contributed by atoms with Crippen molar-refractivity contribution in [1.29, 1.82) is 0 Å². The van der Waals surface area contributed by atoms with Gasteiger partial charge >= 0.3 is 0 Å². The van der Waals surface area contributed by atoms with Crippen LogP contribution in [0.1, 0.15) is 56.4 Å². The van der Waals surface area contributed by atoms with Gasteiger partial charge in [0.05, 0.1) is 18.8 Å². The van der Waals surface area contributed by atoms with Crippen LogP contribution in [0.4, 0.5) is 0 Å². The number of pyridine rings is 1. The minimum atomic E-state index is 0. The highest BCUT2D eigenvalue weighted by molar-refractivity contribution is 14.0. The van der Waals surface area contributed by atoms with Gasteiger partial charge in [0.15, 0.2) is 5.96 Å². The van der Waals surface area contributed by atoms with Crippen molar-refractivity contribution < 1.29 is 9.47 Å². The summed E-state index contributed by atoms with van der Waals surface area (Å²) < 4.78 is 11.8. The molecule has 1 aromatic carbocycles. The van der Waals surface area contributed by atoms with Crippen molar-refractivity contribution >= 4 is 29.9 Å². The van der Waals surface area contributed by atoms with Crippen LogP contribution in [0.5, 0.6) is 5.88 Å². The van der Waals surface area contributed by atoms with Gasteiger partial charge in [-0.1, -0.05) is 35.9 Å². The minimum Gasteiger partial charge on any atom is -0.475 e. The lowest BCUT2D eigenvalue weighted by Crippen LogP contribution is -2.42. The number of hydrogen-bond donors (Lipinski definition) is 2. The average molecular weight is 553 g/mol. The molecule has 2 unspecified atom stereocenters. The fraction of sp³-hybridized carbons (Fsp3) is 0.520. The molecule has 0 amide bonds. The summed E-state index contributed by atoms with van der Waals surface area (Å²) >= 11 is 0. The summed E-state index contributed by atoms with van der Waals surface area (Å²) in [5.74, 6) is 1.87. The van der Waals surface area contributed by atoms with E-state index in [1.54, 1.807) is 0 Å². The van der Waals surface area contributed by atoms with Gasteiger partial charge in [-0.05, 0) is 51.7 Å². The first-order chi connectivity index (χ1) is 15.0. The van der Waals surface area contributed by atoms with E-state index in [1.807, 2.05) is 32.2 Å². The molecule has 2 atom stereocenters. The number of nitrogens with zero attached hydrogens (tertiary/aromatic N) is 2. The van der Waals surface area contributed by atoms with Crippen molar-refractivity contribution in [1.82, 2.24) is 15.6 Å². The van der Waals surface area contributed by atoms with E-state index >= 15 is 0 Å². The third kappa shape index (κ3) is 8.24. The van der Waals surface area contributed by atoms with Crippen molar-refractivity contribution in [2.24, 2.45) is 10.9 Å². The van der Waals surface area contributed by atoms with Gasteiger partial charge in [-0.15, -0.1) is 24.0 Å². The lowest BCUT2D eigenvalue weighted by Gasteiger charge is -2.32. The Hall–Kier alpha value is -1.87. The molecule has 0 radical (unpaired) electrons. The molecule has 0 spiro atoms. The molecule has 3 rings (SSSR count). The number of benzene rings is 1. The van der Waals surface area contributed by atoms with Crippen molar-refractivity contribution in [3.63, 3.8) is 0 Å². The van der Waals surface area contributed by atoms with E-state index < -0.39 is 0 Å². The van der Waals surface area contributed by atoms with E-state index in [1.165, 1.54) is 11.1 Å². The number of hydrogen-bond acceptors (Lipinski definition) is 4. The second kappa shape index (κ2) is 13.6. The first-order valence-corrected chi connectivity index (χ1v) is 11.4. The highest BCUT2D eigenvalue weighted by atomic mass is 127. The number of ether oxygens (including phenoxy) is 2. The van der Waals surface area contributed by atoms with Crippen LogP contribution in [0.15, 0.2) is 47.6 Å². The number of aryl methyl sites for hydroxylation is 1. The molecule has 176 valence electrons. The quantitative estimate of drug-likeness (QED) is 0.274. The number of guanidine groups is 1. The standard InChI is InChI=1S/C25H36N4O2.HI/c1-5-26-25(28-16-20-10-13-23(27-15-20)31-18(2)3)29-17-22-7-6-14-30-24(22)21-11-8-19(4)9-12-21;/h8-13,15,18,22,24H,5-7,14,16-17H2,1-4H3,(H2,26,28,29);1H. The Kier molecular flexibility index (Phi) is 11.2. The first-order valence-electron chi connectivity index (χ1n) is 11.4. The lowest BCUT2D eigenvalue weighted by atomic mass is 9.89.